The molecule has 0 saturated heterocycles. The van der Waals surface area contributed by atoms with Crippen LogP contribution in [0, 0.1) is 11.3 Å². The molecule has 0 fully saturated rings. The summed E-state index contributed by atoms with van der Waals surface area (Å²) in [5, 5.41) is 9.91. The van der Waals surface area contributed by atoms with Crippen molar-refractivity contribution in [3.05, 3.63) is 75.4 Å². The number of pyridine rings is 1. The summed E-state index contributed by atoms with van der Waals surface area (Å²) in [4.78, 5) is 4.60. The molecule has 0 saturated carbocycles. The molecule has 0 aliphatic heterocycles. The Bertz CT molecular complexity index is 1090. The fraction of sp³-hybridized carbons (Fsp3) is 0.250. The van der Waals surface area contributed by atoms with E-state index in [4.69, 9.17) is 10.5 Å². The maximum absolute atomic E-state index is 9.91. The number of hydrogen-bond donors (Lipinski definition) is 1. The molecule has 2 N–H and O–H groups in total. The van der Waals surface area contributed by atoms with Crippen LogP contribution in [-0.4, -0.2) is 11.6 Å². The number of rotatable bonds is 4. The summed E-state index contributed by atoms with van der Waals surface area (Å²) in [5.41, 5.74) is 11.8. The summed E-state index contributed by atoms with van der Waals surface area (Å²) in [5.74, 6) is 1.44. The molecule has 146 valence electrons. The van der Waals surface area contributed by atoms with Crippen LogP contribution in [0.1, 0.15) is 41.6 Å². The highest BCUT2D eigenvalue weighted by atomic mass is 79.9. The van der Waals surface area contributed by atoms with Gasteiger partial charge in [0.05, 0.1) is 6.61 Å². The fourth-order valence-electron chi connectivity index (χ4n) is 4.18. The van der Waals surface area contributed by atoms with Gasteiger partial charge in [0.25, 0.3) is 0 Å². The van der Waals surface area contributed by atoms with Gasteiger partial charge in [0.1, 0.15) is 23.2 Å². The third-order valence-electron chi connectivity index (χ3n) is 5.49. The van der Waals surface area contributed by atoms with E-state index in [9.17, 15) is 5.26 Å². The fourth-order valence-corrected chi connectivity index (χ4v) is 4.54. The predicted molar refractivity (Wildman–Crippen MR) is 119 cm³/mol. The second-order valence-electron chi connectivity index (χ2n) is 7.21. The van der Waals surface area contributed by atoms with Gasteiger partial charge in [0.2, 0.25) is 0 Å². The number of benzene rings is 2. The van der Waals surface area contributed by atoms with Crippen LogP contribution >= 0.6 is 15.9 Å². The van der Waals surface area contributed by atoms with Crippen molar-refractivity contribution in [2.45, 2.75) is 32.1 Å². The molecule has 0 radical (unpaired) electrons. The summed E-state index contributed by atoms with van der Waals surface area (Å²) < 4.78 is 6.83. The third kappa shape index (κ3) is 3.73. The first-order valence-corrected chi connectivity index (χ1v) is 10.6. The number of aryl methyl sites for hydroxylation is 1. The summed E-state index contributed by atoms with van der Waals surface area (Å²) in [7, 11) is 0. The van der Waals surface area contributed by atoms with E-state index < -0.39 is 0 Å². The van der Waals surface area contributed by atoms with Crippen molar-refractivity contribution in [3.8, 4) is 22.9 Å². The second-order valence-corrected chi connectivity index (χ2v) is 8.12. The average molecular weight is 448 g/mol. The number of nitrogens with zero attached hydrogens (tertiary/aromatic N) is 2. The summed E-state index contributed by atoms with van der Waals surface area (Å²) in [6.07, 6.45) is 2.69. The van der Waals surface area contributed by atoms with E-state index in [1.165, 1.54) is 5.56 Å². The quantitative estimate of drug-likeness (QED) is 0.561. The lowest BCUT2D eigenvalue weighted by molar-refractivity contribution is 0.341. The molecule has 1 aliphatic rings. The number of aromatic nitrogens is 1. The van der Waals surface area contributed by atoms with Gasteiger partial charge in [0, 0.05) is 21.3 Å². The topological polar surface area (TPSA) is 71.9 Å². The number of nitriles is 1. The maximum Gasteiger partial charge on any atom is 0.142 e. The number of ether oxygens (including phenoxy) is 1. The van der Waals surface area contributed by atoms with Crippen molar-refractivity contribution >= 4 is 21.7 Å². The van der Waals surface area contributed by atoms with Gasteiger partial charge in [-0.25, -0.2) is 4.98 Å². The lowest BCUT2D eigenvalue weighted by Gasteiger charge is -2.28. The molecule has 1 aliphatic carbocycles. The van der Waals surface area contributed by atoms with Crippen LogP contribution in [0.3, 0.4) is 0 Å². The molecule has 1 unspecified atom stereocenters. The zero-order chi connectivity index (χ0) is 20.4. The summed E-state index contributed by atoms with van der Waals surface area (Å²) in [6.45, 7) is 2.50. The molecule has 29 heavy (non-hydrogen) atoms. The highest BCUT2D eigenvalue weighted by Gasteiger charge is 2.28. The van der Waals surface area contributed by atoms with Crippen LogP contribution in [0.4, 0.5) is 5.82 Å². The Balaban J connectivity index is 1.93. The van der Waals surface area contributed by atoms with Gasteiger partial charge in [-0.2, -0.15) is 5.26 Å². The van der Waals surface area contributed by atoms with Gasteiger partial charge < -0.3 is 10.5 Å². The van der Waals surface area contributed by atoms with E-state index in [1.54, 1.807) is 0 Å². The zero-order valence-electron chi connectivity index (χ0n) is 16.3. The minimum atomic E-state index is 0.293. The number of hydrogen-bond acceptors (Lipinski definition) is 4. The minimum absolute atomic E-state index is 0.293. The standard InChI is InChI=1S/C24H22BrN3O/c1-2-29-22-11-9-17(25)13-19(22)23-18-12-16(15-6-4-3-5-7-15)8-10-21(18)28-24(27)20(23)14-26/h3-7,9,11,13,16H,2,8,10,12H2,1H3,(H2,27,28). The van der Waals surface area contributed by atoms with Crippen molar-refractivity contribution in [1.29, 1.82) is 5.26 Å². The van der Waals surface area contributed by atoms with E-state index in [0.29, 0.717) is 23.9 Å². The Morgan fingerprint density at radius 1 is 1.24 bits per heavy atom. The number of fused-ring (bicyclic) bond motifs is 1. The zero-order valence-corrected chi connectivity index (χ0v) is 17.9. The van der Waals surface area contributed by atoms with Gasteiger partial charge in [-0.1, -0.05) is 46.3 Å². The molecule has 1 atom stereocenters. The third-order valence-corrected chi connectivity index (χ3v) is 5.98. The molecule has 0 spiro atoms. The predicted octanol–water partition coefficient (Wildman–Crippen LogP) is 5.64. The van der Waals surface area contributed by atoms with E-state index in [1.807, 2.05) is 31.2 Å². The van der Waals surface area contributed by atoms with Crippen LogP contribution in [0.15, 0.2) is 53.0 Å². The largest absolute Gasteiger partial charge is 0.493 e. The van der Waals surface area contributed by atoms with Crippen LogP contribution in [-0.2, 0) is 12.8 Å². The van der Waals surface area contributed by atoms with E-state index in [-0.39, 0.29) is 0 Å². The first-order valence-electron chi connectivity index (χ1n) is 9.81. The Labute approximate surface area is 179 Å². The molecule has 1 heterocycles. The SMILES string of the molecule is CCOc1ccc(Br)cc1-c1c(C#N)c(N)nc2c1CC(c1ccccc1)CC2. The molecule has 4 nitrogen and oxygen atoms in total. The lowest BCUT2D eigenvalue weighted by Crippen LogP contribution is -2.18. The summed E-state index contributed by atoms with van der Waals surface area (Å²) >= 11 is 3.57. The van der Waals surface area contributed by atoms with Crippen LogP contribution in [0.25, 0.3) is 11.1 Å². The Kier molecular flexibility index (Phi) is 5.55. The normalized spacial score (nSPS) is 15.4. The number of nitrogen functional groups attached to an aromatic ring is 1. The van der Waals surface area contributed by atoms with Gasteiger partial charge in [-0.05, 0) is 61.4 Å². The molecule has 0 amide bonds. The van der Waals surface area contributed by atoms with Crippen molar-refractivity contribution in [2.24, 2.45) is 0 Å². The number of nitrogens with two attached hydrogens (primary N) is 1. The van der Waals surface area contributed by atoms with Crippen LogP contribution in [0.5, 0.6) is 5.75 Å². The molecule has 1 aromatic heterocycles. The highest BCUT2D eigenvalue weighted by molar-refractivity contribution is 9.10. The Morgan fingerprint density at radius 3 is 2.76 bits per heavy atom. The van der Waals surface area contributed by atoms with Gasteiger partial charge >= 0.3 is 0 Å². The van der Waals surface area contributed by atoms with E-state index in [2.05, 4.69) is 51.2 Å². The number of anilines is 1. The highest BCUT2D eigenvalue weighted by Crippen LogP contribution is 2.43. The smallest absolute Gasteiger partial charge is 0.142 e. The minimum Gasteiger partial charge on any atom is -0.493 e. The maximum atomic E-state index is 9.91. The Hall–Kier alpha value is -2.84. The van der Waals surface area contributed by atoms with E-state index >= 15 is 0 Å². The van der Waals surface area contributed by atoms with Crippen molar-refractivity contribution in [3.63, 3.8) is 0 Å². The first-order chi connectivity index (χ1) is 14.1. The average Bonchev–Trinajstić information content (AvgIpc) is 2.74. The van der Waals surface area contributed by atoms with Crippen molar-refractivity contribution in [1.82, 2.24) is 4.98 Å². The van der Waals surface area contributed by atoms with Crippen LogP contribution in [0.2, 0.25) is 0 Å². The van der Waals surface area contributed by atoms with Gasteiger partial charge in [-0.15, -0.1) is 0 Å². The van der Waals surface area contributed by atoms with Gasteiger partial charge in [0.15, 0.2) is 0 Å². The molecular weight excluding hydrogens is 426 g/mol. The van der Waals surface area contributed by atoms with Gasteiger partial charge in [-0.3, -0.25) is 0 Å². The monoisotopic (exact) mass is 447 g/mol. The number of halogens is 1. The lowest BCUT2D eigenvalue weighted by atomic mass is 9.78. The van der Waals surface area contributed by atoms with Crippen LogP contribution < -0.4 is 10.5 Å². The second kappa shape index (κ2) is 8.26. The Morgan fingerprint density at radius 2 is 2.03 bits per heavy atom. The molecule has 3 aromatic rings. The molecule has 5 heteroatoms. The molecular formula is C24H22BrN3O. The summed E-state index contributed by atoms with van der Waals surface area (Å²) in [6, 6.07) is 18.7. The van der Waals surface area contributed by atoms with Crippen molar-refractivity contribution < 1.29 is 4.74 Å². The molecule has 0 bridgehead atoms. The first kappa shape index (κ1) is 19.5. The molecule has 4 rings (SSSR count). The van der Waals surface area contributed by atoms with Crippen molar-refractivity contribution in [2.75, 3.05) is 12.3 Å². The molecule has 2 aromatic carbocycles. The van der Waals surface area contributed by atoms with E-state index in [0.717, 1.165) is 51.9 Å².